The minimum Gasteiger partial charge on any atom is -0.344 e. The van der Waals surface area contributed by atoms with Crippen molar-refractivity contribution < 1.29 is 18.7 Å². The van der Waals surface area contributed by atoms with Gasteiger partial charge in [-0.3, -0.25) is 4.79 Å². The van der Waals surface area contributed by atoms with Crippen LogP contribution in [-0.4, -0.2) is 31.0 Å². The van der Waals surface area contributed by atoms with Crippen LogP contribution >= 0.6 is 0 Å². The highest BCUT2D eigenvalue weighted by Gasteiger charge is 2.72. The molecule has 0 aromatic heterocycles. The standard InChI is InChI=1S/C21H27FO3/c1-19-7-4-3-5-13(19)11-16(23)18-14(19)6-8-20(2)15(18)12-17(22)21(20)24-9-10-25-21/h3,5,11,14-15,17-18H,4,6-10,12H2,1-2H3/t14-,15-,17+,18+,19-,20-/m0/s1. The minimum atomic E-state index is -1.14. The van der Waals surface area contributed by atoms with Crippen LogP contribution in [0.5, 0.6) is 0 Å². The number of carbonyl (C=O) groups is 1. The lowest BCUT2D eigenvalue weighted by atomic mass is 9.48. The molecule has 6 atom stereocenters. The zero-order valence-electron chi connectivity index (χ0n) is 15.1. The van der Waals surface area contributed by atoms with Crippen LogP contribution in [0, 0.1) is 28.6 Å². The summed E-state index contributed by atoms with van der Waals surface area (Å²) in [6, 6.07) is 0. The maximum atomic E-state index is 15.2. The summed E-state index contributed by atoms with van der Waals surface area (Å²) in [6.07, 6.45) is 9.40. The van der Waals surface area contributed by atoms with Crippen molar-refractivity contribution in [3.8, 4) is 0 Å². The van der Waals surface area contributed by atoms with Crippen LogP contribution in [0.2, 0.25) is 0 Å². The zero-order chi connectivity index (χ0) is 17.4. The van der Waals surface area contributed by atoms with Crippen LogP contribution in [0.15, 0.2) is 23.8 Å². The minimum absolute atomic E-state index is 0.00683. The highest BCUT2D eigenvalue weighted by Crippen LogP contribution is 2.68. The first-order valence-corrected chi connectivity index (χ1v) is 9.77. The first kappa shape index (κ1) is 16.2. The summed E-state index contributed by atoms with van der Waals surface area (Å²) in [5, 5.41) is 0. The third-order valence-corrected chi connectivity index (χ3v) is 8.28. The van der Waals surface area contributed by atoms with E-state index >= 15 is 4.39 Å². The molecule has 4 aliphatic carbocycles. The Kier molecular flexibility index (Phi) is 3.26. The molecular formula is C21H27FO3. The second-order valence-corrected chi connectivity index (χ2v) is 9.12. The molecule has 4 heteroatoms. The van der Waals surface area contributed by atoms with Gasteiger partial charge in [-0.05, 0) is 61.0 Å². The molecule has 25 heavy (non-hydrogen) atoms. The number of fused-ring (bicyclic) bond motifs is 6. The molecule has 0 N–H and O–H groups in total. The van der Waals surface area contributed by atoms with Gasteiger partial charge < -0.3 is 9.47 Å². The largest absolute Gasteiger partial charge is 0.344 e. The smallest absolute Gasteiger partial charge is 0.205 e. The van der Waals surface area contributed by atoms with E-state index in [0.717, 1.165) is 25.7 Å². The Bertz CT molecular complexity index is 677. The third kappa shape index (κ3) is 1.80. The van der Waals surface area contributed by atoms with E-state index in [1.54, 1.807) is 0 Å². The quantitative estimate of drug-likeness (QED) is 0.665. The molecule has 0 amide bonds. The molecule has 1 spiro atoms. The number of rotatable bonds is 0. The fourth-order valence-electron chi connectivity index (χ4n) is 6.91. The van der Waals surface area contributed by atoms with E-state index in [4.69, 9.17) is 9.47 Å². The molecule has 5 rings (SSSR count). The average Bonchev–Trinajstić information content (AvgIpc) is 3.16. The van der Waals surface area contributed by atoms with E-state index in [0.29, 0.717) is 25.6 Å². The van der Waals surface area contributed by atoms with E-state index < -0.39 is 17.4 Å². The molecule has 1 saturated heterocycles. The molecule has 1 aliphatic heterocycles. The summed E-state index contributed by atoms with van der Waals surface area (Å²) < 4.78 is 27.0. The number of alkyl halides is 1. The predicted molar refractivity (Wildman–Crippen MR) is 91.5 cm³/mol. The highest BCUT2D eigenvalue weighted by molar-refractivity contribution is 5.95. The number of halogens is 1. The third-order valence-electron chi connectivity index (χ3n) is 8.28. The summed E-state index contributed by atoms with van der Waals surface area (Å²) in [5.74, 6) is -0.703. The molecular weight excluding hydrogens is 319 g/mol. The lowest BCUT2D eigenvalue weighted by Gasteiger charge is -2.56. The normalized spacial score (nSPS) is 50.4. The molecule has 3 nitrogen and oxygen atoms in total. The molecule has 3 fully saturated rings. The molecule has 0 aromatic carbocycles. The molecule has 0 aromatic rings. The van der Waals surface area contributed by atoms with Crippen molar-refractivity contribution >= 4 is 5.78 Å². The zero-order valence-corrected chi connectivity index (χ0v) is 15.1. The van der Waals surface area contributed by atoms with Gasteiger partial charge in [0, 0.05) is 11.3 Å². The van der Waals surface area contributed by atoms with E-state index in [1.165, 1.54) is 5.57 Å². The van der Waals surface area contributed by atoms with Crippen LogP contribution in [0.25, 0.3) is 0 Å². The fraction of sp³-hybridized carbons (Fsp3) is 0.762. The molecule has 136 valence electrons. The Balaban J connectivity index is 1.59. The number of hydrogen-bond donors (Lipinski definition) is 0. The van der Waals surface area contributed by atoms with Gasteiger partial charge in [-0.25, -0.2) is 4.39 Å². The Morgan fingerprint density at radius 3 is 2.68 bits per heavy atom. The maximum absolute atomic E-state index is 15.2. The topological polar surface area (TPSA) is 35.5 Å². The second-order valence-electron chi connectivity index (χ2n) is 9.12. The number of ketones is 1. The Morgan fingerprint density at radius 2 is 1.92 bits per heavy atom. The second kappa shape index (κ2) is 5.04. The van der Waals surface area contributed by atoms with Gasteiger partial charge in [-0.2, -0.15) is 0 Å². The van der Waals surface area contributed by atoms with E-state index in [2.05, 4.69) is 26.0 Å². The van der Waals surface area contributed by atoms with Gasteiger partial charge in [-0.15, -0.1) is 0 Å². The van der Waals surface area contributed by atoms with Gasteiger partial charge in [-0.1, -0.05) is 26.0 Å². The van der Waals surface area contributed by atoms with Crippen molar-refractivity contribution in [1.82, 2.24) is 0 Å². The summed E-state index contributed by atoms with van der Waals surface area (Å²) >= 11 is 0. The van der Waals surface area contributed by atoms with Gasteiger partial charge >= 0.3 is 0 Å². The van der Waals surface area contributed by atoms with Crippen molar-refractivity contribution in [2.45, 2.75) is 57.9 Å². The van der Waals surface area contributed by atoms with Crippen LogP contribution in [0.1, 0.15) is 46.0 Å². The Morgan fingerprint density at radius 1 is 1.16 bits per heavy atom. The molecule has 0 unspecified atom stereocenters. The molecule has 5 aliphatic rings. The predicted octanol–water partition coefficient (Wildman–Crippen LogP) is 3.99. The van der Waals surface area contributed by atoms with E-state index in [-0.39, 0.29) is 23.0 Å². The first-order chi connectivity index (χ1) is 11.9. The monoisotopic (exact) mass is 346 g/mol. The van der Waals surface area contributed by atoms with Crippen LogP contribution in [0.3, 0.4) is 0 Å². The molecule has 1 heterocycles. The molecule has 2 saturated carbocycles. The van der Waals surface area contributed by atoms with Crippen molar-refractivity contribution in [2.75, 3.05) is 13.2 Å². The van der Waals surface area contributed by atoms with Gasteiger partial charge in [0.25, 0.3) is 0 Å². The number of carbonyl (C=O) groups excluding carboxylic acids is 1. The molecule has 0 bridgehead atoms. The van der Waals surface area contributed by atoms with Crippen molar-refractivity contribution in [1.29, 1.82) is 0 Å². The van der Waals surface area contributed by atoms with Crippen LogP contribution in [-0.2, 0) is 14.3 Å². The SMILES string of the molecule is C[C@]12CCC=CC1=CC(=O)[C@@H]1[C@@H]2CC[C@@]2(C)[C@H]1C[C@@H](F)C21OCCO1. The van der Waals surface area contributed by atoms with Crippen LogP contribution < -0.4 is 0 Å². The van der Waals surface area contributed by atoms with Crippen molar-refractivity contribution in [3.05, 3.63) is 23.8 Å². The van der Waals surface area contributed by atoms with Crippen molar-refractivity contribution in [3.63, 3.8) is 0 Å². The average molecular weight is 346 g/mol. The summed E-state index contributed by atoms with van der Waals surface area (Å²) in [6.45, 7) is 5.33. The van der Waals surface area contributed by atoms with Gasteiger partial charge in [0.2, 0.25) is 5.79 Å². The lowest BCUT2D eigenvalue weighted by molar-refractivity contribution is -0.261. The van der Waals surface area contributed by atoms with E-state index in [9.17, 15) is 4.79 Å². The van der Waals surface area contributed by atoms with Gasteiger partial charge in [0.05, 0.1) is 13.2 Å². The number of ether oxygens (including phenoxy) is 2. The number of hydrogen-bond acceptors (Lipinski definition) is 3. The summed E-state index contributed by atoms with van der Waals surface area (Å²) in [5.41, 5.74) is 0.825. The number of allylic oxidation sites excluding steroid dienone is 4. The highest BCUT2D eigenvalue weighted by atomic mass is 19.1. The van der Waals surface area contributed by atoms with Gasteiger partial charge in [0.1, 0.15) is 0 Å². The summed E-state index contributed by atoms with van der Waals surface area (Å²) in [4.78, 5) is 13.1. The Hall–Kier alpha value is -1.00. The van der Waals surface area contributed by atoms with Gasteiger partial charge in [0.15, 0.2) is 12.0 Å². The first-order valence-electron chi connectivity index (χ1n) is 9.77. The molecule has 0 radical (unpaired) electrons. The fourth-order valence-corrected chi connectivity index (χ4v) is 6.91. The maximum Gasteiger partial charge on any atom is 0.205 e. The Labute approximate surface area is 148 Å². The summed E-state index contributed by atoms with van der Waals surface area (Å²) in [7, 11) is 0. The lowest BCUT2D eigenvalue weighted by Crippen LogP contribution is -2.57. The van der Waals surface area contributed by atoms with Crippen molar-refractivity contribution in [2.24, 2.45) is 28.6 Å². The van der Waals surface area contributed by atoms with Crippen LogP contribution in [0.4, 0.5) is 4.39 Å². The van der Waals surface area contributed by atoms with E-state index in [1.807, 2.05) is 6.08 Å².